The first kappa shape index (κ1) is 14.8. The molecule has 1 aliphatic heterocycles. The van der Waals surface area contributed by atoms with Gasteiger partial charge < -0.3 is 9.63 Å². The molecule has 0 amide bonds. The van der Waals surface area contributed by atoms with E-state index in [1.807, 2.05) is 16.8 Å². The summed E-state index contributed by atoms with van der Waals surface area (Å²) in [6.07, 6.45) is 5.33. The van der Waals surface area contributed by atoms with Crippen LogP contribution in [0.5, 0.6) is 0 Å². The van der Waals surface area contributed by atoms with Crippen LogP contribution >= 0.6 is 11.3 Å². The number of aliphatic carboxylic acids is 1. The predicted molar refractivity (Wildman–Crippen MR) is 84.9 cm³/mol. The lowest BCUT2D eigenvalue weighted by Crippen LogP contribution is -2.41. The number of carbonyl (C=O) groups is 1. The average Bonchev–Trinajstić information content (AvgIpc) is 3.26. The molecule has 23 heavy (non-hydrogen) atoms. The first-order valence-corrected chi connectivity index (χ1v) is 9.00. The van der Waals surface area contributed by atoms with Gasteiger partial charge in [0.2, 0.25) is 11.7 Å². The number of carboxylic acids is 1. The molecule has 122 valence electrons. The Morgan fingerprint density at radius 2 is 2.30 bits per heavy atom. The fourth-order valence-electron chi connectivity index (χ4n) is 4.01. The van der Waals surface area contributed by atoms with Crippen LogP contribution in [0.15, 0.2) is 21.3 Å². The summed E-state index contributed by atoms with van der Waals surface area (Å²) in [5.74, 6) is 0.831. The molecule has 3 atom stereocenters. The number of thiophene rings is 1. The van der Waals surface area contributed by atoms with E-state index in [1.165, 1.54) is 12.8 Å². The van der Waals surface area contributed by atoms with Crippen molar-refractivity contribution in [3.63, 3.8) is 0 Å². The zero-order valence-electron chi connectivity index (χ0n) is 12.7. The van der Waals surface area contributed by atoms with E-state index < -0.39 is 12.0 Å². The number of nitrogens with zero attached hydrogens (tertiary/aromatic N) is 3. The van der Waals surface area contributed by atoms with Crippen molar-refractivity contribution < 1.29 is 14.4 Å². The van der Waals surface area contributed by atoms with Gasteiger partial charge in [-0.3, -0.25) is 9.69 Å². The van der Waals surface area contributed by atoms with Crippen LogP contribution in [0.3, 0.4) is 0 Å². The van der Waals surface area contributed by atoms with Gasteiger partial charge in [0.05, 0.1) is 6.54 Å². The van der Waals surface area contributed by atoms with Crippen molar-refractivity contribution in [1.29, 1.82) is 0 Å². The normalized spacial score (nSPS) is 27.9. The van der Waals surface area contributed by atoms with E-state index in [1.54, 1.807) is 11.3 Å². The maximum absolute atomic E-state index is 11.6. The van der Waals surface area contributed by atoms with Crippen LogP contribution < -0.4 is 0 Å². The molecule has 2 fully saturated rings. The summed E-state index contributed by atoms with van der Waals surface area (Å²) in [4.78, 5) is 18.1. The molecule has 1 aliphatic carbocycles. The minimum absolute atomic E-state index is 0.335. The molecule has 0 unspecified atom stereocenters. The monoisotopic (exact) mass is 333 g/mol. The van der Waals surface area contributed by atoms with E-state index in [2.05, 4.69) is 15.0 Å². The van der Waals surface area contributed by atoms with Crippen molar-refractivity contribution in [3.8, 4) is 11.4 Å². The van der Waals surface area contributed by atoms with Crippen molar-refractivity contribution in [2.45, 2.75) is 50.7 Å². The molecular weight excluding hydrogens is 314 g/mol. The van der Waals surface area contributed by atoms with Gasteiger partial charge in [-0.1, -0.05) is 18.0 Å². The molecular formula is C16H19N3O3S. The van der Waals surface area contributed by atoms with Gasteiger partial charge in [0.15, 0.2) is 0 Å². The van der Waals surface area contributed by atoms with Crippen LogP contribution in [0.4, 0.5) is 0 Å². The van der Waals surface area contributed by atoms with Gasteiger partial charge in [-0.15, -0.1) is 0 Å². The molecule has 2 aromatic rings. The third-order valence-corrected chi connectivity index (χ3v) is 5.75. The Labute approximate surface area is 138 Å². The second-order valence-corrected chi connectivity index (χ2v) is 7.18. The van der Waals surface area contributed by atoms with E-state index in [4.69, 9.17) is 4.52 Å². The highest BCUT2D eigenvalue weighted by Gasteiger charge is 2.45. The third-order valence-electron chi connectivity index (χ3n) is 5.07. The molecule has 1 N–H and O–H groups in total. The van der Waals surface area contributed by atoms with Crippen LogP contribution in [0.1, 0.15) is 38.0 Å². The van der Waals surface area contributed by atoms with Gasteiger partial charge in [0.1, 0.15) is 6.04 Å². The number of hydrogen-bond acceptors (Lipinski definition) is 6. The van der Waals surface area contributed by atoms with Gasteiger partial charge in [-0.2, -0.15) is 16.3 Å². The van der Waals surface area contributed by atoms with E-state index in [9.17, 15) is 9.90 Å². The maximum atomic E-state index is 11.6. The summed E-state index contributed by atoms with van der Waals surface area (Å²) in [7, 11) is 0. The van der Waals surface area contributed by atoms with E-state index in [-0.39, 0.29) is 0 Å². The van der Waals surface area contributed by atoms with E-state index in [0.29, 0.717) is 30.2 Å². The van der Waals surface area contributed by atoms with Crippen LogP contribution in [-0.2, 0) is 11.3 Å². The van der Waals surface area contributed by atoms with Crippen LogP contribution in [0.25, 0.3) is 11.4 Å². The van der Waals surface area contributed by atoms with Gasteiger partial charge in [0, 0.05) is 17.0 Å². The highest BCUT2D eigenvalue weighted by Crippen LogP contribution is 2.40. The van der Waals surface area contributed by atoms with Crippen molar-refractivity contribution in [2.75, 3.05) is 0 Å². The number of hydrogen-bond donors (Lipinski definition) is 1. The maximum Gasteiger partial charge on any atom is 0.320 e. The highest BCUT2D eigenvalue weighted by atomic mass is 32.1. The van der Waals surface area contributed by atoms with Gasteiger partial charge >= 0.3 is 5.97 Å². The molecule has 4 rings (SSSR count). The minimum Gasteiger partial charge on any atom is -0.480 e. The third kappa shape index (κ3) is 2.79. The standard InChI is InChI=1S/C16H19N3O3S/c20-16(21)13-7-10-3-1-2-4-12(10)19(13)8-14-17-15(18-22-14)11-5-6-23-9-11/h5-6,9-10,12-13H,1-4,7-8H2,(H,20,21)/t10-,12-,13-/m0/s1. The zero-order valence-corrected chi connectivity index (χ0v) is 13.5. The van der Waals surface area contributed by atoms with Crippen molar-refractivity contribution >= 4 is 17.3 Å². The fraction of sp³-hybridized carbons (Fsp3) is 0.562. The largest absolute Gasteiger partial charge is 0.480 e. The molecule has 1 saturated carbocycles. The molecule has 1 saturated heterocycles. The number of likely N-dealkylation sites (tertiary alicyclic amines) is 1. The first-order chi connectivity index (χ1) is 11.2. The average molecular weight is 333 g/mol. The Hall–Kier alpha value is -1.73. The van der Waals surface area contributed by atoms with Crippen LogP contribution in [0, 0.1) is 5.92 Å². The van der Waals surface area contributed by atoms with E-state index >= 15 is 0 Å². The summed E-state index contributed by atoms with van der Waals surface area (Å²) in [5.41, 5.74) is 0.941. The van der Waals surface area contributed by atoms with Gasteiger partial charge in [-0.05, 0) is 36.6 Å². The minimum atomic E-state index is -0.739. The second kappa shape index (κ2) is 6.05. The predicted octanol–water partition coefficient (Wildman–Crippen LogP) is 3.02. The Morgan fingerprint density at radius 1 is 1.43 bits per heavy atom. The molecule has 3 heterocycles. The van der Waals surface area contributed by atoms with Crippen LogP contribution in [0.2, 0.25) is 0 Å². The number of rotatable bonds is 4. The summed E-state index contributed by atoms with van der Waals surface area (Å²) in [6, 6.07) is 1.85. The lowest BCUT2D eigenvalue weighted by Gasteiger charge is -2.31. The molecule has 0 aromatic carbocycles. The first-order valence-electron chi connectivity index (χ1n) is 8.06. The summed E-state index contributed by atoms with van der Waals surface area (Å²) in [5, 5.41) is 17.5. The molecule has 2 aromatic heterocycles. The lowest BCUT2D eigenvalue weighted by atomic mass is 9.85. The Balaban J connectivity index is 1.55. The molecule has 0 spiro atoms. The number of aromatic nitrogens is 2. The second-order valence-electron chi connectivity index (χ2n) is 6.40. The Morgan fingerprint density at radius 3 is 3.09 bits per heavy atom. The smallest absolute Gasteiger partial charge is 0.320 e. The van der Waals surface area contributed by atoms with Gasteiger partial charge in [-0.25, -0.2) is 0 Å². The summed E-state index contributed by atoms with van der Waals surface area (Å²) < 4.78 is 5.37. The summed E-state index contributed by atoms with van der Waals surface area (Å²) in [6.45, 7) is 0.426. The van der Waals surface area contributed by atoms with Crippen molar-refractivity contribution in [1.82, 2.24) is 15.0 Å². The molecule has 6 nitrogen and oxygen atoms in total. The topological polar surface area (TPSA) is 79.5 Å². The van der Waals surface area contributed by atoms with Crippen LogP contribution in [-0.4, -0.2) is 38.2 Å². The molecule has 7 heteroatoms. The fourth-order valence-corrected chi connectivity index (χ4v) is 4.64. The number of carboxylic acid groups (broad SMARTS) is 1. The Kier molecular flexibility index (Phi) is 3.90. The van der Waals surface area contributed by atoms with Gasteiger partial charge in [0.25, 0.3) is 0 Å². The van der Waals surface area contributed by atoms with Crippen molar-refractivity contribution in [2.24, 2.45) is 5.92 Å². The molecule has 0 radical (unpaired) electrons. The SMILES string of the molecule is O=C(O)[C@@H]1C[C@@H]2CCCC[C@@H]2N1Cc1nc(-c2ccsc2)no1. The number of fused-ring (bicyclic) bond motifs is 1. The zero-order chi connectivity index (χ0) is 15.8. The highest BCUT2D eigenvalue weighted by molar-refractivity contribution is 7.08. The Bertz CT molecular complexity index is 685. The molecule has 2 aliphatic rings. The lowest BCUT2D eigenvalue weighted by molar-refractivity contribution is -0.143. The quantitative estimate of drug-likeness (QED) is 0.926. The van der Waals surface area contributed by atoms with Crippen molar-refractivity contribution in [3.05, 3.63) is 22.7 Å². The van der Waals surface area contributed by atoms with E-state index in [0.717, 1.165) is 24.8 Å². The summed E-state index contributed by atoms with van der Waals surface area (Å²) >= 11 is 1.59. The molecule has 0 bridgehead atoms.